The van der Waals surface area contributed by atoms with Gasteiger partial charge in [0.05, 0.1) is 6.42 Å². The minimum atomic E-state index is -0.348. The largest absolute Gasteiger partial charge is 0.486 e. The first kappa shape index (κ1) is 13.4. The van der Waals surface area contributed by atoms with Crippen LogP contribution in [0.2, 0.25) is 0 Å². The van der Waals surface area contributed by atoms with Crippen molar-refractivity contribution in [2.45, 2.75) is 6.42 Å². The van der Waals surface area contributed by atoms with Crippen LogP contribution in [0.25, 0.3) is 0 Å². The second kappa shape index (κ2) is 5.83. The number of fused-ring (bicyclic) bond motifs is 1. The number of hydrogen-bond acceptors (Lipinski definition) is 3. The summed E-state index contributed by atoms with van der Waals surface area (Å²) in [5.74, 6) is 0.728. The van der Waals surface area contributed by atoms with Crippen LogP contribution in [0.4, 0.5) is 10.1 Å². The Hall–Kier alpha value is -2.56. The first-order valence-electron chi connectivity index (χ1n) is 6.65. The number of carbonyl (C=O) groups is 1. The zero-order valence-electron chi connectivity index (χ0n) is 11.3. The molecule has 0 unspecified atom stereocenters. The predicted molar refractivity (Wildman–Crippen MR) is 76.2 cm³/mol. The predicted octanol–water partition coefficient (Wildman–Crippen LogP) is 2.78. The van der Waals surface area contributed by atoms with Crippen molar-refractivity contribution in [2.75, 3.05) is 18.5 Å². The van der Waals surface area contributed by atoms with Gasteiger partial charge in [-0.05, 0) is 29.8 Å². The number of anilines is 1. The van der Waals surface area contributed by atoms with Gasteiger partial charge in [0.2, 0.25) is 5.91 Å². The quantitative estimate of drug-likeness (QED) is 0.944. The van der Waals surface area contributed by atoms with Crippen molar-refractivity contribution in [1.82, 2.24) is 0 Å². The molecule has 4 nitrogen and oxygen atoms in total. The van der Waals surface area contributed by atoms with Crippen LogP contribution in [0.15, 0.2) is 42.5 Å². The maximum absolute atomic E-state index is 13.1. The van der Waals surface area contributed by atoms with Gasteiger partial charge in [-0.2, -0.15) is 0 Å². The lowest BCUT2D eigenvalue weighted by Gasteiger charge is -2.19. The fourth-order valence-electron chi connectivity index (χ4n) is 2.16. The summed E-state index contributed by atoms with van der Waals surface area (Å²) in [6, 6.07) is 11.2. The zero-order chi connectivity index (χ0) is 14.7. The monoisotopic (exact) mass is 287 g/mol. The number of hydrogen-bond donors (Lipinski definition) is 1. The Labute approximate surface area is 121 Å². The third-order valence-electron chi connectivity index (χ3n) is 3.08. The van der Waals surface area contributed by atoms with Crippen molar-refractivity contribution < 1.29 is 18.7 Å². The molecule has 0 aliphatic carbocycles. The van der Waals surface area contributed by atoms with Crippen LogP contribution < -0.4 is 14.8 Å². The molecule has 1 aliphatic rings. The van der Waals surface area contributed by atoms with E-state index in [9.17, 15) is 9.18 Å². The number of halogens is 1. The third-order valence-corrected chi connectivity index (χ3v) is 3.08. The lowest BCUT2D eigenvalue weighted by molar-refractivity contribution is -0.115. The Morgan fingerprint density at radius 1 is 1.10 bits per heavy atom. The Morgan fingerprint density at radius 2 is 1.90 bits per heavy atom. The molecule has 0 saturated carbocycles. The molecule has 0 fully saturated rings. The van der Waals surface area contributed by atoms with E-state index in [2.05, 4.69) is 5.32 Å². The molecule has 1 heterocycles. The fraction of sp³-hybridized carbons (Fsp3) is 0.188. The van der Waals surface area contributed by atoms with Gasteiger partial charge in [-0.25, -0.2) is 4.39 Å². The summed E-state index contributed by atoms with van der Waals surface area (Å²) in [7, 11) is 0. The minimum absolute atomic E-state index is 0.117. The molecule has 0 radical (unpaired) electrons. The van der Waals surface area contributed by atoms with Gasteiger partial charge in [0, 0.05) is 11.8 Å². The van der Waals surface area contributed by atoms with Crippen molar-refractivity contribution in [3.8, 4) is 11.5 Å². The van der Waals surface area contributed by atoms with E-state index in [1.165, 1.54) is 12.1 Å². The van der Waals surface area contributed by atoms with Crippen LogP contribution in [0, 0.1) is 5.82 Å². The Morgan fingerprint density at radius 3 is 2.71 bits per heavy atom. The average molecular weight is 287 g/mol. The topological polar surface area (TPSA) is 47.6 Å². The van der Waals surface area contributed by atoms with Crippen molar-refractivity contribution in [2.24, 2.45) is 0 Å². The molecule has 1 aliphatic heterocycles. The van der Waals surface area contributed by atoms with Crippen LogP contribution in [-0.4, -0.2) is 19.1 Å². The van der Waals surface area contributed by atoms with E-state index in [0.717, 1.165) is 0 Å². The zero-order valence-corrected chi connectivity index (χ0v) is 11.3. The number of carbonyl (C=O) groups excluding carboxylic acids is 1. The smallest absolute Gasteiger partial charge is 0.228 e. The maximum Gasteiger partial charge on any atom is 0.228 e. The highest BCUT2D eigenvalue weighted by atomic mass is 19.1. The standard InChI is InChI=1S/C16H14FNO3/c17-12-3-1-2-11(8-12)9-16(19)18-13-4-5-14-15(10-13)21-7-6-20-14/h1-5,8,10H,6-7,9H2,(H,18,19). The molecule has 1 amide bonds. The molecular formula is C16H14FNO3. The molecule has 0 spiro atoms. The fourth-order valence-corrected chi connectivity index (χ4v) is 2.16. The van der Waals surface area contributed by atoms with E-state index in [4.69, 9.17) is 9.47 Å². The molecule has 108 valence electrons. The van der Waals surface area contributed by atoms with Crippen LogP contribution in [-0.2, 0) is 11.2 Å². The molecule has 2 aromatic carbocycles. The average Bonchev–Trinajstić information content (AvgIpc) is 2.47. The molecule has 21 heavy (non-hydrogen) atoms. The van der Waals surface area contributed by atoms with E-state index in [0.29, 0.717) is 36.0 Å². The molecule has 2 aromatic rings. The summed E-state index contributed by atoms with van der Waals surface area (Å²) in [5, 5.41) is 2.76. The maximum atomic E-state index is 13.1. The van der Waals surface area contributed by atoms with Crippen molar-refractivity contribution in [3.05, 3.63) is 53.8 Å². The molecule has 1 N–H and O–H groups in total. The van der Waals surface area contributed by atoms with Gasteiger partial charge in [-0.15, -0.1) is 0 Å². The van der Waals surface area contributed by atoms with Crippen molar-refractivity contribution >= 4 is 11.6 Å². The molecule has 0 saturated heterocycles. The summed E-state index contributed by atoms with van der Waals surface area (Å²) in [5.41, 5.74) is 1.26. The minimum Gasteiger partial charge on any atom is -0.486 e. The van der Waals surface area contributed by atoms with E-state index in [1.807, 2.05) is 0 Å². The lowest BCUT2D eigenvalue weighted by atomic mass is 10.1. The highest BCUT2D eigenvalue weighted by molar-refractivity contribution is 5.92. The Balaban J connectivity index is 1.67. The van der Waals surface area contributed by atoms with E-state index in [-0.39, 0.29) is 18.1 Å². The number of amides is 1. The van der Waals surface area contributed by atoms with Crippen LogP contribution in [0.1, 0.15) is 5.56 Å². The summed E-state index contributed by atoms with van der Waals surface area (Å²) in [6.45, 7) is 1.02. The highest BCUT2D eigenvalue weighted by Crippen LogP contribution is 2.32. The molecule has 5 heteroatoms. The Kier molecular flexibility index (Phi) is 3.73. The van der Waals surface area contributed by atoms with E-state index < -0.39 is 0 Å². The third kappa shape index (κ3) is 3.31. The number of nitrogens with one attached hydrogen (secondary N) is 1. The van der Waals surface area contributed by atoms with Crippen molar-refractivity contribution in [3.63, 3.8) is 0 Å². The van der Waals surface area contributed by atoms with Crippen LogP contribution in [0.5, 0.6) is 11.5 Å². The molecular weight excluding hydrogens is 273 g/mol. The second-order valence-electron chi connectivity index (χ2n) is 4.71. The van der Waals surface area contributed by atoms with Gasteiger partial charge in [-0.1, -0.05) is 12.1 Å². The second-order valence-corrected chi connectivity index (χ2v) is 4.71. The lowest BCUT2D eigenvalue weighted by Crippen LogP contribution is -2.17. The first-order valence-corrected chi connectivity index (χ1v) is 6.65. The summed E-state index contributed by atoms with van der Waals surface area (Å²) in [4.78, 5) is 12.0. The summed E-state index contributed by atoms with van der Waals surface area (Å²) >= 11 is 0. The number of benzene rings is 2. The van der Waals surface area contributed by atoms with Gasteiger partial charge < -0.3 is 14.8 Å². The van der Waals surface area contributed by atoms with Gasteiger partial charge in [0.15, 0.2) is 11.5 Å². The van der Waals surface area contributed by atoms with Gasteiger partial charge in [0.1, 0.15) is 19.0 Å². The number of rotatable bonds is 3. The summed E-state index contributed by atoms with van der Waals surface area (Å²) in [6.07, 6.45) is 0.117. The van der Waals surface area contributed by atoms with E-state index in [1.54, 1.807) is 30.3 Å². The van der Waals surface area contributed by atoms with Gasteiger partial charge in [-0.3, -0.25) is 4.79 Å². The van der Waals surface area contributed by atoms with Crippen LogP contribution >= 0.6 is 0 Å². The molecule has 0 atom stereocenters. The molecule has 0 bridgehead atoms. The first-order chi connectivity index (χ1) is 10.2. The van der Waals surface area contributed by atoms with Crippen LogP contribution in [0.3, 0.4) is 0 Å². The summed E-state index contributed by atoms with van der Waals surface area (Å²) < 4.78 is 23.9. The van der Waals surface area contributed by atoms with Crippen molar-refractivity contribution in [1.29, 1.82) is 0 Å². The van der Waals surface area contributed by atoms with Gasteiger partial charge in [0.25, 0.3) is 0 Å². The molecule has 0 aromatic heterocycles. The Bertz CT molecular complexity index is 672. The molecule has 3 rings (SSSR count). The van der Waals surface area contributed by atoms with Gasteiger partial charge >= 0.3 is 0 Å². The highest BCUT2D eigenvalue weighted by Gasteiger charge is 2.13. The number of ether oxygens (including phenoxy) is 2. The van der Waals surface area contributed by atoms with E-state index >= 15 is 0 Å². The normalized spacial score (nSPS) is 12.8. The SMILES string of the molecule is O=C(Cc1cccc(F)c1)Nc1ccc2c(c1)OCCO2.